The molecule has 0 aliphatic carbocycles. The molecule has 1 heterocycles. The van der Waals surface area contributed by atoms with Crippen molar-refractivity contribution in [3.05, 3.63) is 22.8 Å². The Bertz CT molecular complexity index is 602. The van der Waals surface area contributed by atoms with E-state index in [4.69, 9.17) is 4.74 Å². The van der Waals surface area contributed by atoms with Gasteiger partial charge in [0.2, 0.25) is 5.91 Å². The molecule has 1 amide bonds. The fraction of sp³-hybridized carbons (Fsp3) is 0.467. The van der Waals surface area contributed by atoms with Crippen LogP contribution < -0.4 is 5.32 Å². The third kappa shape index (κ3) is 3.65. The minimum Gasteiger partial charge on any atom is -0.508 e. The summed E-state index contributed by atoms with van der Waals surface area (Å²) < 4.78 is 5.11. The monoisotopic (exact) mass is 325 g/mol. The van der Waals surface area contributed by atoms with Gasteiger partial charge in [0, 0.05) is 34.7 Å². The third-order valence-electron chi connectivity index (χ3n) is 3.43. The lowest BCUT2D eigenvalue weighted by Gasteiger charge is -2.18. The molecule has 1 aliphatic heterocycles. The van der Waals surface area contributed by atoms with E-state index in [1.807, 2.05) is 6.92 Å². The number of nitrogens with one attached hydrogen (secondary N) is 1. The highest BCUT2D eigenvalue weighted by molar-refractivity contribution is 7.98. The maximum absolute atomic E-state index is 12.2. The Hall–Kier alpha value is -1.89. The van der Waals surface area contributed by atoms with Crippen LogP contribution in [-0.4, -0.2) is 40.5 Å². The number of fused-ring (bicyclic) bond motifs is 1. The second-order valence-corrected chi connectivity index (χ2v) is 6.29. The van der Waals surface area contributed by atoms with E-state index in [9.17, 15) is 19.8 Å². The van der Waals surface area contributed by atoms with Crippen LogP contribution >= 0.6 is 11.8 Å². The van der Waals surface area contributed by atoms with Gasteiger partial charge in [-0.1, -0.05) is 0 Å². The van der Waals surface area contributed by atoms with E-state index in [0.717, 1.165) is 0 Å². The highest BCUT2D eigenvalue weighted by Gasteiger charge is 2.23. The number of carbonyl (C=O) groups excluding carboxylic acids is 2. The first-order chi connectivity index (χ1) is 10.4. The minimum atomic E-state index is -0.638. The Balaban J connectivity index is 2.38. The van der Waals surface area contributed by atoms with E-state index in [-0.39, 0.29) is 42.0 Å². The Morgan fingerprint density at radius 1 is 1.32 bits per heavy atom. The number of benzene rings is 1. The number of phenolic OH excluding ortho intramolecular Hbond substituents is 2. The van der Waals surface area contributed by atoms with Crippen LogP contribution in [0.4, 0.5) is 0 Å². The molecule has 0 aromatic heterocycles. The van der Waals surface area contributed by atoms with E-state index >= 15 is 0 Å². The van der Waals surface area contributed by atoms with Gasteiger partial charge in [-0.25, -0.2) is 4.79 Å². The predicted molar refractivity (Wildman–Crippen MR) is 83.2 cm³/mol. The molecule has 2 rings (SSSR count). The molecule has 0 spiro atoms. The first-order valence-corrected chi connectivity index (χ1v) is 8.14. The van der Waals surface area contributed by atoms with Crippen molar-refractivity contribution >= 4 is 23.6 Å². The number of rotatable bonds is 0. The van der Waals surface area contributed by atoms with E-state index in [2.05, 4.69) is 5.32 Å². The molecule has 1 atom stereocenters. The van der Waals surface area contributed by atoms with Crippen LogP contribution in [-0.2, 0) is 15.3 Å². The van der Waals surface area contributed by atoms with Crippen LogP contribution in [0.1, 0.15) is 34.8 Å². The molecule has 120 valence electrons. The second-order valence-electron chi connectivity index (χ2n) is 5.26. The molecule has 22 heavy (non-hydrogen) atoms. The molecule has 0 radical (unpaired) electrons. The Morgan fingerprint density at radius 2 is 2.05 bits per heavy atom. The predicted octanol–water partition coefficient (Wildman–Crippen LogP) is 1.70. The first-order valence-electron chi connectivity index (χ1n) is 6.98. The smallest absolute Gasteiger partial charge is 0.338 e. The highest BCUT2D eigenvalue weighted by atomic mass is 32.2. The van der Waals surface area contributed by atoms with Gasteiger partial charge in [-0.05, 0) is 13.8 Å². The van der Waals surface area contributed by atoms with Crippen molar-refractivity contribution in [2.75, 3.05) is 12.4 Å². The summed E-state index contributed by atoms with van der Waals surface area (Å²) in [6, 6.07) is 1.22. The molecule has 0 bridgehead atoms. The topological polar surface area (TPSA) is 95.9 Å². The van der Waals surface area contributed by atoms with Crippen molar-refractivity contribution < 1.29 is 24.5 Å². The number of cyclic esters (lactones) is 1. The quantitative estimate of drug-likeness (QED) is 0.628. The number of amides is 1. The summed E-state index contributed by atoms with van der Waals surface area (Å²) in [6.07, 6.45) is 0.0833. The summed E-state index contributed by atoms with van der Waals surface area (Å²) in [5.41, 5.74) is 0.996. The molecule has 0 fully saturated rings. The molecule has 0 unspecified atom stereocenters. The van der Waals surface area contributed by atoms with E-state index < -0.39 is 5.97 Å². The fourth-order valence-electron chi connectivity index (χ4n) is 2.26. The highest BCUT2D eigenvalue weighted by Crippen LogP contribution is 2.35. The van der Waals surface area contributed by atoms with Gasteiger partial charge < -0.3 is 20.3 Å². The van der Waals surface area contributed by atoms with Gasteiger partial charge in [0.15, 0.2) is 0 Å². The number of phenols is 2. The Morgan fingerprint density at radius 3 is 2.77 bits per heavy atom. The van der Waals surface area contributed by atoms with Crippen LogP contribution in [0.3, 0.4) is 0 Å². The van der Waals surface area contributed by atoms with Crippen molar-refractivity contribution in [2.24, 2.45) is 0 Å². The maximum Gasteiger partial charge on any atom is 0.338 e. The number of ether oxygens (including phenoxy) is 1. The molecule has 3 N–H and O–H groups in total. The normalized spacial score (nSPS) is 20.2. The molecule has 1 aromatic rings. The lowest BCUT2D eigenvalue weighted by Crippen LogP contribution is -2.35. The van der Waals surface area contributed by atoms with Crippen molar-refractivity contribution in [2.45, 2.75) is 32.1 Å². The first kappa shape index (κ1) is 16.5. The van der Waals surface area contributed by atoms with E-state index in [0.29, 0.717) is 22.6 Å². The molecule has 1 aromatic carbocycles. The fourth-order valence-corrected chi connectivity index (χ4v) is 3.32. The number of carbonyl (C=O) groups is 2. The summed E-state index contributed by atoms with van der Waals surface area (Å²) in [7, 11) is 0. The number of aromatic hydroxyl groups is 2. The standard InChI is InChI=1S/C15H19NO5S/c1-8-6-22-7-10-12(18)5-11(17)9(2)14(10)15(20)21-4-3-13(19)16-8/h5,8,17-18H,3-4,6-7H2,1-2H3,(H,16,19)/t8-/m1/s1. The van der Waals surface area contributed by atoms with Crippen LogP contribution in [0.2, 0.25) is 0 Å². The molecule has 0 saturated heterocycles. The van der Waals surface area contributed by atoms with Crippen LogP contribution in [0, 0.1) is 6.92 Å². The zero-order chi connectivity index (χ0) is 16.3. The number of hydrogen-bond acceptors (Lipinski definition) is 6. The van der Waals surface area contributed by atoms with Gasteiger partial charge in [-0.15, -0.1) is 0 Å². The average molecular weight is 325 g/mol. The molecule has 0 saturated carbocycles. The number of hydrogen-bond donors (Lipinski definition) is 3. The van der Waals surface area contributed by atoms with Crippen LogP contribution in [0.5, 0.6) is 11.5 Å². The SMILES string of the molecule is Cc1c(O)cc(O)c2c1C(=O)OCCC(=O)N[C@H](C)CSC2. The number of thioether (sulfide) groups is 1. The lowest BCUT2D eigenvalue weighted by atomic mass is 10.0. The minimum absolute atomic E-state index is 0.0172. The summed E-state index contributed by atoms with van der Waals surface area (Å²) >= 11 is 1.49. The lowest BCUT2D eigenvalue weighted by molar-refractivity contribution is -0.122. The summed E-state index contributed by atoms with van der Waals surface area (Å²) in [5, 5.41) is 22.7. The Labute approximate surface area is 132 Å². The van der Waals surface area contributed by atoms with Gasteiger partial charge in [-0.2, -0.15) is 11.8 Å². The molecule has 7 heteroatoms. The Kier molecular flexibility index (Phi) is 5.18. The average Bonchev–Trinajstić information content (AvgIpc) is 2.43. The van der Waals surface area contributed by atoms with Gasteiger partial charge in [0.1, 0.15) is 18.1 Å². The van der Waals surface area contributed by atoms with Gasteiger partial charge in [0.25, 0.3) is 0 Å². The van der Waals surface area contributed by atoms with E-state index in [1.165, 1.54) is 17.8 Å². The molecular weight excluding hydrogens is 306 g/mol. The molecular formula is C15H19NO5S. The van der Waals surface area contributed by atoms with Gasteiger partial charge in [0.05, 0.1) is 12.0 Å². The van der Waals surface area contributed by atoms with Crippen molar-refractivity contribution in [1.82, 2.24) is 5.32 Å². The zero-order valence-corrected chi connectivity index (χ0v) is 13.3. The van der Waals surface area contributed by atoms with Crippen molar-refractivity contribution in [3.8, 4) is 11.5 Å². The van der Waals surface area contributed by atoms with Gasteiger partial charge in [-0.3, -0.25) is 4.79 Å². The maximum atomic E-state index is 12.2. The second kappa shape index (κ2) is 6.91. The van der Waals surface area contributed by atoms with Crippen LogP contribution in [0.25, 0.3) is 0 Å². The zero-order valence-electron chi connectivity index (χ0n) is 12.5. The summed E-state index contributed by atoms with van der Waals surface area (Å²) in [4.78, 5) is 23.9. The molecule has 6 nitrogen and oxygen atoms in total. The van der Waals surface area contributed by atoms with Crippen molar-refractivity contribution in [3.63, 3.8) is 0 Å². The number of esters is 1. The molecule has 1 aliphatic rings. The summed E-state index contributed by atoms with van der Waals surface area (Å²) in [6.45, 7) is 3.45. The van der Waals surface area contributed by atoms with Gasteiger partial charge >= 0.3 is 5.97 Å². The van der Waals surface area contributed by atoms with Crippen LogP contribution in [0.15, 0.2) is 6.07 Å². The summed E-state index contributed by atoms with van der Waals surface area (Å²) in [5.74, 6) is -0.0532. The van der Waals surface area contributed by atoms with Crippen molar-refractivity contribution in [1.29, 1.82) is 0 Å². The third-order valence-corrected chi connectivity index (χ3v) is 4.66. The van der Waals surface area contributed by atoms with E-state index in [1.54, 1.807) is 6.92 Å². The largest absolute Gasteiger partial charge is 0.508 e.